The SMILES string of the molecule is COc1cc2c(c(OC)c1OC)CCC(O[Si](c1ccccc1)(c1ccccc1)C(C)(C)C)CC2O.COc1cc2c(c(OC)c1OC)CCC(O[Si](c1ccccc1)(c1ccccc1)C(C)(C)C)CC2OC(C)=O. The maximum absolute atomic E-state index is 12.3. The van der Waals surface area contributed by atoms with Gasteiger partial charge in [-0.05, 0) is 74.2 Å². The summed E-state index contributed by atoms with van der Waals surface area (Å²) < 4.78 is 54.9. The molecule has 0 amide bonds. The Morgan fingerprint density at radius 3 is 1.13 bits per heavy atom. The molecule has 0 radical (unpaired) electrons. The summed E-state index contributed by atoms with van der Waals surface area (Å²) in [5, 5.41) is 16.0. The summed E-state index contributed by atoms with van der Waals surface area (Å²) in [7, 11) is 4.10. The van der Waals surface area contributed by atoms with Gasteiger partial charge in [0.05, 0.1) is 48.8 Å². The number of methoxy groups -OCH3 is 6. The monoisotopic (exact) mass is 1050 g/mol. The van der Waals surface area contributed by atoms with Gasteiger partial charge in [-0.15, -0.1) is 0 Å². The number of hydrogen-bond acceptors (Lipinski definition) is 11. The highest BCUT2D eigenvalue weighted by molar-refractivity contribution is 7.00. The molecule has 0 aromatic heterocycles. The zero-order valence-electron chi connectivity index (χ0n) is 46.3. The summed E-state index contributed by atoms with van der Waals surface area (Å²) in [6, 6.07) is 46.3. The first-order chi connectivity index (χ1) is 35.9. The van der Waals surface area contributed by atoms with Crippen LogP contribution in [0.25, 0.3) is 0 Å². The van der Waals surface area contributed by atoms with E-state index in [0.29, 0.717) is 60.2 Å². The molecule has 4 atom stereocenters. The molecule has 2 aliphatic carbocycles. The van der Waals surface area contributed by atoms with Crippen molar-refractivity contribution in [2.45, 2.75) is 121 Å². The molecule has 6 aromatic carbocycles. The third kappa shape index (κ3) is 11.5. The average Bonchev–Trinajstić information content (AvgIpc) is 3.67. The Morgan fingerprint density at radius 2 is 0.813 bits per heavy atom. The Hall–Kier alpha value is -6.10. The summed E-state index contributed by atoms with van der Waals surface area (Å²) in [6.07, 6.45) is 2.37. The summed E-state index contributed by atoms with van der Waals surface area (Å²) in [5.74, 6) is 3.07. The van der Waals surface area contributed by atoms with E-state index < -0.39 is 28.8 Å². The minimum absolute atomic E-state index is 0.135. The van der Waals surface area contributed by atoms with Gasteiger partial charge in [0, 0.05) is 48.7 Å². The molecular formula is C62H78O11Si2. The van der Waals surface area contributed by atoms with Crippen molar-refractivity contribution in [2.75, 3.05) is 42.7 Å². The molecule has 2 aliphatic rings. The average molecular weight is 1060 g/mol. The molecule has 6 aromatic rings. The van der Waals surface area contributed by atoms with Gasteiger partial charge in [-0.25, -0.2) is 0 Å². The van der Waals surface area contributed by atoms with E-state index in [-0.39, 0.29) is 28.3 Å². The standard InChI is InChI=1S/C32H40O6Si.C30H38O5Si/c1-22(33)37-28-20-23(18-19-26-27(28)21-29(34-5)31(36-7)30(26)35-6)38-39(32(2,3)4,24-14-10-8-11-15-24)25-16-12-9-13-17-25;1-30(2,3)36(22-13-9-7-10-14-22,23-15-11-8-12-16-23)35-21-17-18-24-25(26(31)19-21)20-27(32-4)29(34-6)28(24)33-5/h8-17,21,23,28H,18-20H2,1-7H3;7-16,20-21,26,31H,17-19H2,1-6H3. The van der Waals surface area contributed by atoms with Crippen molar-refractivity contribution in [3.63, 3.8) is 0 Å². The van der Waals surface area contributed by atoms with Crippen LogP contribution in [0.2, 0.25) is 10.1 Å². The molecule has 0 saturated heterocycles. The van der Waals surface area contributed by atoms with Gasteiger partial charge in [0.1, 0.15) is 6.10 Å². The first-order valence-electron chi connectivity index (χ1n) is 26.0. The summed E-state index contributed by atoms with van der Waals surface area (Å²) in [6.45, 7) is 15.1. The quantitative estimate of drug-likeness (QED) is 0.0601. The van der Waals surface area contributed by atoms with E-state index in [2.05, 4.69) is 151 Å². The van der Waals surface area contributed by atoms with Crippen molar-refractivity contribution >= 4 is 43.4 Å². The molecule has 11 nitrogen and oxygen atoms in total. The highest BCUT2D eigenvalue weighted by atomic mass is 28.4. The smallest absolute Gasteiger partial charge is 0.303 e. The number of hydrogen-bond donors (Lipinski definition) is 1. The van der Waals surface area contributed by atoms with E-state index in [1.165, 1.54) is 27.7 Å². The van der Waals surface area contributed by atoms with Crippen molar-refractivity contribution in [1.29, 1.82) is 0 Å². The van der Waals surface area contributed by atoms with E-state index >= 15 is 0 Å². The number of aliphatic hydroxyl groups excluding tert-OH is 1. The van der Waals surface area contributed by atoms with Crippen molar-refractivity contribution < 1.29 is 51.9 Å². The van der Waals surface area contributed by atoms with Crippen LogP contribution in [0.4, 0.5) is 0 Å². The molecule has 400 valence electrons. The van der Waals surface area contributed by atoms with Gasteiger partial charge in [-0.3, -0.25) is 4.79 Å². The summed E-state index contributed by atoms with van der Waals surface area (Å²) in [4.78, 5) is 12.3. The van der Waals surface area contributed by atoms with Crippen LogP contribution < -0.4 is 49.2 Å². The number of rotatable bonds is 15. The van der Waals surface area contributed by atoms with E-state index in [4.69, 9.17) is 42.0 Å². The van der Waals surface area contributed by atoms with Gasteiger partial charge in [-0.1, -0.05) is 163 Å². The Balaban J connectivity index is 0.000000219. The molecule has 13 heteroatoms. The fraction of sp³-hybridized carbons (Fsp3) is 0.403. The molecule has 0 spiro atoms. The van der Waals surface area contributed by atoms with E-state index in [0.717, 1.165) is 35.1 Å². The molecule has 0 heterocycles. The predicted octanol–water partition coefficient (Wildman–Crippen LogP) is 10.6. The van der Waals surface area contributed by atoms with Crippen LogP contribution in [0.5, 0.6) is 34.5 Å². The minimum Gasteiger partial charge on any atom is -0.493 e. The van der Waals surface area contributed by atoms with Crippen LogP contribution in [0.1, 0.15) is 109 Å². The van der Waals surface area contributed by atoms with Crippen molar-refractivity contribution in [2.24, 2.45) is 0 Å². The van der Waals surface area contributed by atoms with Crippen LogP contribution in [0, 0.1) is 0 Å². The Morgan fingerprint density at radius 1 is 0.480 bits per heavy atom. The zero-order valence-corrected chi connectivity index (χ0v) is 48.3. The van der Waals surface area contributed by atoms with Crippen LogP contribution >= 0.6 is 0 Å². The fourth-order valence-electron chi connectivity index (χ4n) is 11.6. The zero-order chi connectivity index (χ0) is 54.1. The molecular weight excluding hydrogens is 977 g/mol. The first kappa shape index (κ1) is 56.6. The minimum atomic E-state index is -2.81. The first-order valence-corrected chi connectivity index (χ1v) is 29.8. The number of carbonyl (C=O) groups excluding carboxylic acids is 1. The number of esters is 1. The van der Waals surface area contributed by atoms with Crippen molar-refractivity contribution in [3.8, 4) is 34.5 Å². The van der Waals surface area contributed by atoms with Gasteiger partial charge in [-0.2, -0.15) is 0 Å². The van der Waals surface area contributed by atoms with Gasteiger partial charge in [0.15, 0.2) is 23.0 Å². The van der Waals surface area contributed by atoms with Gasteiger partial charge < -0.3 is 47.1 Å². The van der Waals surface area contributed by atoms with E-state index in [1.807, 2.05) is 24.3 Å². The summed E-state index contributed by atoms with van der Waals surface area (Å²) >= 11 is 0. The second-order valence-corrected chi connectivity index (χ2v) is 29.9. The molecule has 75 heavy (non-hydrogen) atoms. The number of carbonyl (C=O) groups is 1. The lowest BCUT2D eigenvalue weighted by atomic mass is 9.98. The molecule has 8 rings (SSSR count). The molecule has 0 saturated carbocycles. The second-order valence-electron chi connectivity index (χ2n) is 21.4. The number of aliphatic hydroxyl groups is 1. The molecule has 1 N–H and O–H groups in total. The Kier molecular flexibility index (Phi) is 18.3. The Labute approximate surface area is 447 Å². The predicted molar refractivity (Wildman–Crippen MR) is 303 cm³/mol. The third-order valence-electron chi connectivity index (χ3n) is 14.9. The molecule has 0 aliphatic heterocycles. The lowest BCUT2D eigenvalue weighted by molar-refractivity contribution is -0.148. The third-order valence-corrected chi connectivity index (χ3v) is 25.0. The van der Waals surface area contributed by atoms with Gasteiger partial charge in [0.2, 0.25) is 11.5 Å². The van der Waals surface area contributed by atoms with Crippen LogP contribution in [-0.4, -0.2) is 82.6 Å². The van der Waals surface area contributed by atoms with Crippen molar-refractivity contribution in [3.05, 3.63) is 156 Å². The van der Waals surface area contributed by atoms with Crippen molar-refractivity contribution in [1.82, 2.24) is 0 Å². The van der Waals surface area contributed by atoms with Crippen LogP contribution in [0.3, 0.4) is 0 Å². The molecule has 4 unspecified atom stereocenters. The van der Waals surface area contributed by atoms with Crippen LogP contribution in [0.15, 0.2) is 133 Å². The largest absolute Gasteiger partial charge is 0.493 e. The maximum atomic E-state index is 12.3. The van der Waals surface area contributed by atoms with Crippen LogP contribution in [-0.2, 0) is 31.2 Å². The summed E-state index contributed by atoms with van der Waals surface area (Å²) in [5.41, 5.74) is 3.59. The maximum Gasteiger partial charge on any atom is 0.303 e. The van der Waals surface area contributed by atoms with Gasteiger partial charge >= 0.3 is 5.97 Å². The Bertz CT molecular complexity index is 2730. The molecule has 0 bridgehead atoms. The lowest BCUT2D eigenvalue weighted by Crippen LogP contribution is -2.67. The van der Waals surface area contributed by atoms with Gasteiger partial charge in [0.25, 0.3) is 16.6 Å². The normalized spacial score (nSPS) is 17.8. The highest BCUT2D eigenvalue weighted by Gasteiger charge is 2.53. The highest BCUT2D eigenvalue weighted by Crippen LogP contribution is 2.50. The fourth-order valence-corrected chi connectivity index (χ4v) is 21.0. The number of fused-ring (bicyclic) bond motifs is 2. The number of ether oxygens (including phenoxy) is 7. The topological polar surface area (TPSA) is 120 Å². The van der Waals surface area contributed by atoms with E-state index in [9.17, 15) is 9.90 Å². The second kappa shape index (κ2) is 24.3. The lowest BCUT2D eigenvalue weighted by Gasteiger charge is -2.45. The number of benzene rings is 6. The van der Waals surface area contributed by atoms with E-state index in [1.54, 1.807) is 42.7 Å². The molecule has 0 fully saturated rings.